The van der Waals surface area contributed by atoms with Crippen LogP contribution in [0, 0.1) is 11.3 Å². The van der Waals surface area contributed by atoms with Gasteiger partial charge in [-0.05, 0) is 42.8 Å². The second-order valence-corrected chi connectivity index (χ2v) is 4.85. The number of hydrogen-bond acceptors (Lipinski definition) is 5. The molecule has 0 aliphatic carbocycles. The number of methoxy groups -OCH3 is 1. The second-order valence-electron chi connectivity index (χ2n) is 4.85. The summed E-state index contributed by atoms with van der Waals surface area (Å²) in [7, 11) is 1.33. The van der Waals surface area contributed by atoms with E-state index >= 15 is 0 Å². The molecule has 0 atom stereocenters. The predicted octanol–water partition coefficient (Wildman–Crippen LogP) is 3.13. The molecular weight excluding hydrogens is 294 g/mol. The van der Waals surface area contributed by atoms with Crippen LogP contribution < -0.4 is 4.74 Å². The Morgan fingerprint density at radius 2 is 1.83 bits per heavy atom. The lowest BCUT2D eigenvalue weighted by atomic mass is 10.1. The molecule has 2 aromatic rings. The molecule has 5 nitrogen and oxygen atoms in total. The highest BCUT2D eigenvalue weighted by Crippen LogP contribution is 2.19. The lowest BCUT2D eigenvalue weighted by Gasteiger charge is -2.08. The van der Waals surface area contributed by atoms with E-state index in [0.717, 1.165) is 5.56 Å². The molecule has 116 valence electrons. The van der Waals surface area contributed by atoms with Crippen LogP contribution in [0.4, 0.5) is 0 Å². The van der Waals surface area contributed by atoms with Gasteiger partial charge in [0.15, 0.2) is 5.78 Å². The van der Waals surface area contributed by atoms with Gasteiger partial charge in [0.25, 0.3) is 0 Å². The molecule has 23 heavy (non-hydrogen) atoms. The Kier molecular flexibility index (Phi) is 5.11. The van der Waals surface area contributed by atoms with Crippen LogP contribution in [0.25, 0.3) is 0 Å². The highest BCUT2D eigenvalue weighted by atomic mass is 16.5. The first kappa shape index (κ1) is 16.2. The fourth-order valence-corrected chi connectivity index (χ4v) is 2.03. The molecule has 2 rings (SSSR count). The van der Waals surface area contributed by atoms with Crippen LogP contribution >= 0.6 is 0 Å². The van der Waals surface area contributed by atoms with Crippen molar-refractivity contribution in [3.63, 3.8) is 0 Å². The van der Waals surface area contributed by atoms with Crippen molar-refractivity contribution in [3.8, 4) is 11.8 Å². The Bertz CT molecular complexity index is 773. The van der Waals surface area contributed by atoms with Gasteiger partial charge < -0.3 is 9.47 Å². The average Bonchev–Trinajstić information content (AvgIpc) is 2.59. The van der Waals surface area contributed by atoms with Gasteiger partial charge in [0, 0.05) is 5.56 Å². The van der Waals surface area contributed by atoms with Gasteiger partial charge in [-0.3, -0.25) is 4.79 Å². The molecule has 2 aromatic carbocycles. The van der Waals surface area contributed by atoms with Crippen molar-refractivity contribution in [2.45, 2.75) is 13.5 Å². The lowest BCUT2D eigenvalue weighted by Crippen LogP contribution is -2.02. The maximum Gasteiger partial charge on any atom is 0.337 e. The average molecular weight is 309 g/mol. The van der Waals surface area contributed by atoms with E-state index in [1.807, 2.05) is 6.07 Å². The van der Waals surface area contributed by atoms with Gasteiger partial charge in [0.05, 0.1) is 18.2 Å². The first-order valence-corrected chi connectivity index (χ1v) is 6.90. The van der Waals surface area contributed by atoms with Crippen LogP contribution in [0.3, 0.4) is 0 Å². The lowest BCUT2D eigenvalue weighted by molar-refractivity contribution is 0.0600. The van der Waals surface area contributed by atoms with Crippen LogP contribution in [0.5, 0.6) is 5.75 Å². The SMILES string of the molecule is COC(=O)c1ccc(COc2ccc(C(C)=O)c(C#N)c2)cc1. The van der Waals surface area contributed by atoms with E-state index in [1.165, 1.54) is 14.0 Å². The maximum absolute atomic E-state index is 11.4. The molecule has 0 aromatic heterocycles. The van der Waals surface area contributed by atoms with Gasteiger partial charge in [0.2, 0.25) is 0 Å². The van der Waals surface area contributed by atoms with Crippen molar-refractivity contribution in [2.24, 2.45) is 0 Å². The van der Waals surface area contributed by atoms with Crippen molar-refractivity contribution in [3.05, 3.63) is 64.7 Å². The van der Waals surface area contributed by atoms with E-state index in [0.29, 0.717) is 16.9 Å². The van der Waals surface area contributed by atoms with Crippen LogP contribution in [-0.2, 0) is 11.3 Å². The number of carbonyl (C=O) groups excluding carboxylic acids is 2. The smallest absolute Gasteiger partial charge is 0.337 e. The first-order valence-electron chi connectivity index (χ1n) is 6.90. The summed E-state index contributed by atoms with van der Waals surface area (Å²) in [6, 6.07) is 13.6. The van der Waals surface area contributed by atoms with Gasteiger partial charge in [-0.2, -0.15) is 5.26 Å². The number of hydrogen-bond donors (Lipinski definition) is 0. The zero-order valence-electron chi connectivity index (χ0n) is 12.8. The summed E-state index contributed by atoms with van der Waals surface area (Å²) in [5, 5.41) is 9.08. The molecule has 0 radical (unpaired) electrons. The summed E-state index contributed by atoms with van der Waals surface area (Å²) in [5.41, 5.74) is 2.00. The summed E-state index contributed by atoms with van der Waals surface area (Å²) in [4.78, 5) is 22.7. The van der Waals surface area contributed by atoms with Crippen LogP contribution in [0.2, 0.25) is 0 Å². The largest absolute Gasteiger partial charge is 0.489 e. The maximum atomic E-state index is 11.4. The molecule has 0 spiro atoms. The van der Waals surface area contributed by atoms with E-state index in [2.05, 4.69) is 4.74 Å². The molecule has 0 bridgehead atoms. The van der Waals surface area contributed by atoms with Gasteiger partial charge >= 0.3 is 5.97 Å². The predicted molar refractivity (Wildman–Crippen MR) is 83.3 cm³/mol. The van der Waals surface area contributed by atoms with Crippen LogP contribution in [0.15, 0.2) is 42.5 Å². The second kappa shape index (κ2) is 7.23. The van der Waals surface area contributed by atoms with Crippen molar-refractivity contribution in [1.82, 2.24) is 0 Å². The third-order valence-corrected chi connectivity index (χ3v) is 3.27. The number of nitriles is 1. The molecule has 0 saturated carbocycles. The van der Waals surface area contributed by atoms with Crippen molar-refractivity contribution in [1.29, 1.82) is 5.26 Å². The molecule has 0 aliphatic heterocycles. The fraction of sp³-hybridized carbons (Fsp3) is 0.167. The van der Waals surface area contributed by atoms with Gasteiger partial charge in [-0.15, -0.1) is 0 Å². The van der Waals surface area contributed by atoms with Gasteiger partial charge in [-0.25, -0.2) is 4.79 Å². The number of Topliss-reactive ketones (excluding diaryl/α,β-unsaturated/α-hetero) is 1. The minimum Gasteiger partial charge on any atom is -0.489 e. The molecule has 0 saturated heterocycles. The quantitative estimate of drug-likeness (QED) is 0.626. The molecule has 0 amide bonds. The molecule has 0 aliphatic rings. The van der Waals surface area contributed by atoms with Crippen molar-refractivity contribution in [2.75, 3.05) is 7.11 Å². The number of ketones is 1. The topological polar surface area (TPSA) is 76.4 Å². The van der Waals surface area contributed by atoms with E-state index in [1.54, 1.807) is 42.5 Å². The monoisotopic (exact) mass is 309 g/mol. The van der Waals surface area contributed by atoms with E-state index < -0.39 is 5.97 Å². The van der Waals surface area contributed by atoms with Crippen molar-refractivity contribution < 1.29 is 19.1 Å². The molecule has 0 unspecified atom stereocenters. The first-order chi connectivity index (χ1) is 11.0. The number of nitrogens with zero attached hydrogens (tertiary/aromatic N) is 1. The Morgan fingerprint density at radius 3 is 2.39 bits per heavy atom. The summed E-state index contributed by atoms with van der Waals surface area (Å²) in [6.07, 6.45) is 0. The minimum atomic E-state index is -0.393. The van der Waals surface area contributed by atoms with Gasteiger partial charge in [-0.1, -0.05) is 12.1 Å². The number of carbonyl (C=O) groups is 2. The molecule has 0 heterocycles. The Morgan fingerprint density at radius 1 is 1.13 bits per heavy atom. The molecular formula is C18H15NO4. The third-order valence-electron chi connectivity index (χ3n) is 3.27. The number of rotatable bonds is 5. The van der Waals surface area contributed by atoms with Crippen LogP contribution in [0.1, 0.15) is 38.8 Å². The van der Waals surface area contributed by atoms with Gasteiger partial charge in [0.1, 0.15) is 18.4 Å². The third kappa shape index (κ3) is 3.95. The van der Waals surface area contributed by atoms with Crippen LogP contribution in [-0.4, -0.2) is 18.9 Å². The Labute approximate surface area is 134 Å². The van der Waals surface area contributed by atoms with Crippen molar-refractivity contribution >= 4 is 11.8 Å². The van der Waals surface area contributed by atoms with E-state index in [9.17, 15) is 9.59 Å². The molecule has 0 fully saturated rings. The molecule has 0 N–H and O–H groups in total. The number of esters is 1. The number of ether oxygens (including phenoxy) is 2. The summed E-state index contributed by atoms with van der Waals surface area (Å²) in [6.45, 7) is 1.70. The summed E-state index contributed by atoms with van der Waals surface area (Å²) >= 11 is 0. The van der Waals surface area contributed by atoms with E-state index in [-0.39, 0.29) is 18.0 Å². The standard InChI is InChI=1S/C18H15NO4/c1-12(20)17-8-7-16(9-15(17)10-19)23-11-13-3-5-14(6-4-13)18(21)22-2/h3-9H,11H2,1-2H3. The summed E-state index contributed by atoms with van der Waals surface area (Å²) in [5.74, 6) is -0.0500. The normalized spacial score (nSPS) is 9.78. The highest BCUT2D eigenvalue weighted by molar-refractivity contribution is 5.96. The highest BCUT2D eigenvalue weighted by Gasteiger charge is 2.09. The molecule has 5 heteroatoms. The zero-order valence-corrected chi connectivity index (χ0v) is 12.8. The Hall–Kier alpha value is -3.13. The minimum absolute atomic E-state index is 0.161. The Balaban J connectivity index is 2.08. The zero-order chi connectivity index (χ0) is 16.8. The fourth-order valence-electron chi connectivity index (χ4n) is 2.03. The van der Waals surface area contributed by atoms with E-state index in [4.69, 9.17) is 10.00 Å². The number of benzene rings is 2. The summed E-state index contributed by atoms with van der Waals surface area (Å²) < 4.78 is 10.3.